The predicted octanol–water partition coefficient (Wildman–Crippen LogP) is 8.46. The van der Waals surface area contributed by atoms with Crippen LogP contribution in [0.4, 0.5) is 4.79 Å². The lowest BCUT2D eigenvalue weighted by Gasteiger charge is -2.43. The summed E-state index contributed by atoms with van der Waals surface area (Å²) in [6, 6.07) is 28.5. The summed E-state index contributed by atoms with van der Waals surface area (Å²) in [6.45, 7) is 10.2. The number of aromatic nitrogens is 1. The van der Waals surface area contributed by atoms with E-state index in [1.54, 1.807) is 11.1 Å². The number of fused-ring (bicyclic) bond motifs is 1. The molecule has 2 aliphatic heterocycles. The van der Waals surface area contributed by atoms with E-state index in [9.17, 15) is 4.79 Å². The van der Waals surface area contributed by atoms with Crippen LogP contribution >= 0.6 is 0 Å². The highest BCUT2D eigenvalue weighted by atomic mass is 16.7. The summed E-state index contributed by atoms with van der Waals surface area (Å²) in [5.41, 5.74) is 3.49. The fourth-order valence-corrected chi connectivity index (χ4v) is 6.85. The van der Waals surface area contributed by atoms with Crippen LogP contribution in [0.2, 0.25) is 0 Å². The Hall–Kier alpha value is -4.06. The number of pyridine rings is 1. The maximum atomic E-state index is 13.5. The Bertz CT molecular complexity index is 1710. The number of ether oxygens (including phenoxy) is 7. The summed E-state index contributed by atoms with van der Waals surface area (Å²) in [5, 5.41) is 1.07. The normalized spacial score (nSPS) is 20.5. The van der Waals surface area contributed by atoms with E-state index in [0.29, 0.717) is 59.2 Å². The van der Waals surface area contributed by atoms with Crippen LogP contribution in [0, 0.1) is 0 Å². The average Bonchev–Trinajstić information content (AvgIpc) is 3.18. The highest BCUT2D eigenvalue weighted by molar-refractivity contribution is 5.78. The number of likely N-dealkylation sites (tertiary alicyclic amines) is 1. The molecule has 6 rings (SSSR count). The summed E-state index contributed by atoms with van der Waals surface area (Å²) in [4.78, 5) is 19.8. The van der Waals surface area contributed by atoms with Gasteiger partial charge in [0.05, 0.1) is 63.8 Å². The molecule has 10 heteroatoms. The molecule has 10 nitrogen and oxygen atoms in total. The van der Waals surface area contributed by atoms with Crippen LogP contribution in [-0.4, -0.2) is 86.2 Å². The standard InChI is InChI=1S/C44H56N2O8/c1-44(2,3)54-43(47)46-29-39(50-26-11-27-52-41-15-7-8-24-51-41)42(40(30-46)53-32-34-16-17-35-14-9-22-45-38(35)28-34)36-18-20-37(21-19-36)49-25-10-23-48-31-33-12-5-4-6-13-33/h4-6,9,12-14,16-22,28,39-42H,7-8,10-11,15,23-27,29-32H2,1-3H3. The van der Waals surface area contributed by atoms with E-state index < -0.39 is 5.60 Å². The number of amides is 1. The van der Waals surface area contributed by atoms with E-state index in [0.717, 1.165) is 65.6 Å². The summed E-state index contributed by atoms with van der Waals surface area (Å²) in [7, 11) is 0. The maximum Gasteiger partial charge on any atom is 0.410 e. The van der Waals surface area contributed by atoms with Gasteiger partial charge in [-0.15, -0.1) is 0 Å². The van der Waals surface area contributed by atoms with Crippen molar-refractivity contribution in [2.45, 2.75) is 96.1 Å². The molecule has 0 aliphatic carbocycles. The number of benzene rings is 3. The smallest absolute Gasteiger partial charge is 0.410 e. The van der Waals surface area contributed by atoms with E-state index in [1.165, 1.54) is 0 Å². The van der Waals surface area contributed by atoms with E-state index in [-0.39, 0.29) is 30.5 Å². The molecule has 3 heterocycles. The molecule has 0 radical (unpaired) electrons. The molecule has 4 aromatic rings. The van der Waals surface area contributed by atoms with Gasteiger partial charge in [0.25, 0.3) is 0 Å². The van der Waals surface area contributed by atoms with Crippen molar-refractivity contribution in [3.8, 4) is 5.75 Å². The molecule has 1 amide bonds. The number of carbonyl (C=O) groups is 1. The summed E-state index contributed by atoms with van der Waals surface area (Å²) >= 11 is 0. The van der Waals surface area contributed by atoms with Crippen molar-refractivity contribution in [1.29, 1.82) is 0 Å². The zero-order chi connectivity index (χ0) is 37.6. The number of hydrogen-bond acceptors (Lipinski definition) is 9. The van der Waals surface area contributed by atoms with Gasteiger partial charge in [0, 0.05) is 37.1 Å². The van der Waals surface area contributed by atoms with Crippen molar-refractivity contribution in [1.82, 2.24) is 9.88 Å². The van der Waals surface area contributed by atoms with Crippen LogP contribution < -0.4 is 4.74 Å². The monoisotopic (exact) mass is 740 g/mol. The minimum Gasteiger partial charge on any atom is -0.494 e. The molecule has 2 saturated heterocycles. The maximum absolute atomic E-state index is 13.5. The predicted molar refractivity (Wildman–Crippen MR) is 207 cm³/mol. The molecular weight excluding hydrogens is 684 g/mol. The topological polar surface area (TPSA) is 97.8 Å². The number of carbonyl (C=O) groups excluding carboxylic acids is 1. The first-order chi connectivity index (χ1) is 26.3. The fraction of sp³-hybridized carbons (Fsp3) is 0.500. The first-order valence-corrected chi connectivity index (χ1v) is 19.4. The number of rotatable bonds is 17. The Kier molecular flexibility index (Phi) is 14.7. The van der Waals surface area contributed by atoms with Crippen molar-refractivity contribution in [3.63, 3.8) is 0 Å². The Balaban J connectivity index is 1.14. The lowest BCUT2D eigenvalue weighted by molar-refractivity contribution is -0.165. The molecule has 54 heavy (non-hydrogen) atoms. The zero-order valence-corrected chi connectivity index (χ0v) is 32.0. The summed E-state index contributed by atoms with van der Waals surface area (Å²) in [5.74, 6) is 0.624. The second-order valence-electron chi connectivity index (χ2n) is 15.0. The SMILES string of the molecule is CC(C)(C)OC(=O)N1CC(OCCCOC2CCCCO2)C(c2ccc(OCCCOCc3ccccc3)cc2)C(OCc2ccc3cccnc3c2)C1. The number of piperidine rings is 1. The molecule has 0 spiro atoms. The lowest BCUT2D eigenvalue weighted by atomic mass is 9.84. The van der Waals surface area contributed by atoms with Gasteiger partial charge in [-0.05, 0) is 87.4 Å². The van der Waals surface area contributed by atoms with Crippen molar-refractivity contribution in [2.75, 3.05) is 46.1 Å². The molecule has 1 aromatic heterocycles. The zero-order valence-electron chi connectivity index (χ0n) is 32.0. The van der Waals surface area contributed by atoms with Crippen molar-refractivity contribution in [2.24, 2.45) is 0 Å². The molecular formula is C44H56N2O8. The van der Waals surface area contributed by atoms with Crippen molar-refractivity contribution >= 4 is 17.0 Å². The van der Waals surface area contributed by atoms with Gasteiger partial charge in [0.15, 0.2) is 6.29 Å². The second kappa shape index (κ2) is 20.0. The molecule has 0 N–H and O–H groups in total. The Morgan fingerprint density at radius 2 is 1.57 bits per heavy atom. The molecule has 4 atom stereocenters. The quantitative estimate of drug-likeness (QED) is 0.0988. The van der Waals surface area contributed by atoms with Gasteiger partial charge in [0.1, 0.15) is 11.4 Å². The van der Waals surface area contributed by atoms with Gasteiger partial charge in [-0.2, -0.15) is 0 Å². The van der Waals surface area contributed by atoms with Crippen LogP contribution in [0.3, 0.4) is 0 Å². The minimum absolute atomic E-state index is 0.144. The van der Waals surface area contributed by atoms with E-state index in [4.69, 9.17) is 33.2 Å². The van der Waals surface area contributed by atoms with Crippen LogP contribution in [0.15, 0.2) is 91.1 Å². The average molecular weight is 741 g/mol. The Morgan fingerprint density at radius 1 is 0.796 bits per heavy atom. The van der Waals surface area contributed by atoms with Crippen LogP contribution in [0.1, 0.15) is 75.5 Å². The van der Waals surface area contributed by atoms with Gasteiger partial charge in [0.2, 0.25) is 0 Å². The largest absolute Gasteiger partial charge is 0.494 e. The molecule has 290 valence electrons. The Labute approximate surface area is 320 Å². The van der Waals surface area contributed by atoms with Crippen molar-refractivity contribution in [3.05, 3.63) is 108 Å². The van der Waals surface area contributed by atoms with Crippen LogP contribution in [0.25, 0.3) is 10.9 Å². The van der Waals surface area contributed by atoms with Crippen LogP contribution in [0.5, 0.6) is 5.75 Å². The summed E-state index contributed by atoms with van der Waals surface area (Å²) in [6.07, 6.45) is 5.15. The first-order valence-electron chi connectivity index (χ1n) is 19.4. The third-order valence-electron chi connectivity index (χ3n) is 9.53. The fourth-order valence-electron chi connectivity index (χ4n) is 6.85. The van der Waals surface area contributed by atoms with Gasteiger partial charge in [-0.3, -0.25) is 4.98 Å². The van der Waals surface area contributed by atoms with E-state index >= 15 is 0 Å². The minimum atomic E-state index is -0.638. The lowest BCUT2D eigenvalue weighted by Crippen LogP contribution is -2.55. The van der Waals surface area contributed by atoms with Crippen LogP contribution in [-0.2, 0) is 41.6 Å². The molecule has 0 saturated carbocycles. The Morgan fingerprint density at radius 3 is 2.35 bits per heavy atom. The van der Waals surface area contributed by atoms with Gasteiger partial charge in [-0.1, -0.05) is 60.7 Å². The molecule has 3 aromatic carbocycles. The number of hydrogen-bond donors (Lipinski definition) is 0. The highest BCUT2D eigenvalue weighted by Crippen LogP contribution is 2.35. The third-order valence-corrected chi connectivity index (χ3v) is 9.53. The molecule has 2 aliphatic rings. The summed E-state index contributed by atoms with van der Waals surface area (Å²) < 4.78 is 42.9. The molecule has 0 bridgehead atoms. The van der Waals surface area contributed by atoms with E-state index in [2.05, 4.69) is 47.4 Å². The van der Waals surface area contributed by atoms with Gasteiger partial charge in [-0.25, -0.2) is 4.79 Å². The van der Waals surface area contributed by atoms with Gasteiger partial charge >= 0.3 is 6.09 Å². The third kappa shape index (κ3) is 12.2. The van der Waals surface area contributed by atoms with Crippen molar-refractivity contribution < 1.29 is 38.0 Å². The molecule has 2 fully saturated rings. The molecule has 4 unspecified atom stereocenters. The highest BCUT2D eigenvalue weighted by Gasteiger charge is 2.42. The van der Waals surface area contributed by atoms with E-state index in [1.807, 2.05) is 63.2 Å². The number of nitrogens with zero attached hydrogens (tertiary/aromatic N) is 2. The second-order valence-corrected chi connectivity index (χ2v) is 15.0. The first kappa shape index (κ1) is 39.6. The van der Waals surface area contributed by atoms with Gasteiger partial charge < -0.3 is 38.1 Å².